The maximum Gasteiger partial charge on any atom is 0.251 e. The van der Waals surface area contributed by atoms with E-state index in [9.17, 15) is 9.59 Å². The van der Waals surface area contributed by atoms with Crippen LogP contribution in [0.25, 0.3) is 0 Å². The van der Waals surface area contributed by atoms with E-state index < -0.39 is 5.91 Å². The van der Waals surface area contributed by atoms with E-state index in [1.165, 1.54) is 4.88 Å². The Kier molecular flexibility index (Phi) is 7.10. The van der Waals surface area contributed by atoms with Crippen LogP contribution in [0.3, 0.4) is 0 Å². The summed E-state index contributed by atoms with van der Waals surface area (Å²) in [5, 5.41) is 9.86. The van der Waals surface area contributed by atoms with Crippen molar-refractivity contribution in [2.24, 2.45) is 10.7 Å². The molecule has 5 N–H and O–H groups in total. The second-order valence-corrected chi connectivity index (χ2v) is 6.81. The lowest BCUT2D eigenvalue weighted by Gasteiger charge is -2.11. The van der Waals surface area contributed by atoms with Crippen LogP contribution in [0, 0.1) is 6.92 Å². The van der Waals surface area contributed by atoms with Gasteiger partial charge in [0.15, 0.2) is 5.96 Å². The minimum Gasteiger partial charge on any atom is -0.368 e. The van der Waals surface area contributed by atoms with Gasteiger partial charge in [-0.25, -0.2) is 4.98 Å². The average Bonchev–Trinajstić information content (AvgIpc) is 3.05. The highest BCUT2D eigenvalue weighted by Crippen LogP contribution is 2.10. The van der Waals surface area contributed by atoms with Crippen LogP contribution >= 0.6 is 11.3 Å². The lowest BCUT2D eigenvalue weighted by molar-refractivity contribution is -0.117. The highest BCUT2D eigenvalue weighted by atomic mass is 32.1. The molecule has 0 bridgehead atoms. The van der Waals surface area contributed by atoms with E-state index in [1.54, 1.807) is 30.5 Å². The number of nitrogens with one attached hydrogen (secondary N) is 3. The first kappa shape index (κ1) is 19.4. The molecule has 0 aliphatic rings. The van der Waals surface area contributed by atoms with Crippen molar-refractivity contribution < 1.29 is 9.59 Å². The van der Waals surface area contributed by atoms with Crippen LogP contribution in [0.4, 0.5) is 0 Å². The van der Waals surface area contributed by atoms with Crippen molar-refractivity contribution in [2.45, 2.75) is 20.0 Å². The summed E-state index contributed by atoms with van der Waals surface area (Å²) in [6.07, 6.45) is 1.85. The standard InChI is InChI=1S/C17H22N6O2S/c1-11-7-20-15(26-11)10-23-17(19-2)22-8-12-3-5-13(6-4-12)16(25)21-9-14(18)24/h3-7H,8-10H2,1-2H3,(H2,18,24)(H,21,25)(H2,19,22,23). The number of rotatable bonds is 7. The number of benzene rings is 1. The number of hydrogen-bond donors (Lipinski definition) is 4. The summed E-state index contributed by atoms with van der Waals surface area (Å²) in [5.74, 6) is -0.244. The van der Waals surface area contributed by atoms with Crippen LogP contribution in [0.5, 0.6) is 0 Å². The molecule has 0 aliphatic heterocycles. The van der Waals surface area contributed by atoms with Crippen molar-refractivity contribution in [1.29, 1.82) is 0 Å². The van der Waals surface area contributed by atoms with Gasteiger partial charge in [-0.3, -0.25) is 14.6 Å². The van der Waals surface area contributed by atoms with Gasteiger partial charge in [0.1, 0.15) is 5.01 Å². The van der Waals surface area contributed by atoms with Crippen molar-refractivity contribution in [3.8, 4) is 0 Å². The maximum atomic E-state index is 11.8. The van der Waals surface area contributed by atoms with E-state index in [4.69, 9.17) is 5.73 Å². The summed E-state index contributed by atoms with van der Waals surface area (Å²) in [7, 11) is 1.70. The Morgan fingerprint density at radius 3 is 2.42 bits per heavy atom. The second-order valence-electron chi connectivity index (χ2n) is 5.49. The van der Waals surface area contributed by atoms with Gasteiger partial charge in [-0.15, -0.1) is 11.3 Å². The molecule has 1 aromatic heterocycles. The molecule has 1 heterocycles. The average molecular weight is 374 g/mol. The number of hydrogen-bond acceptors (Lipinski definition) is 5. The molecule has 2 amide bonds. The fourth-order valence-electron chi connectivity index (χ4n) is 2.09. The number of carbonyl (C=O) groups excluding carboxylic acids is 2. The number of carbonyl (C=O) groups is 2. The normalized spacial score (nSPS) is 11.1. The highest BCUT2D eigenvalue weighted by molar-refractivity contribution is 7.11. The number of thiazole rings is 1. The molecule has 0 saturated heterocycles. The molecule has 1 aromatic carbocycles. The van der Waals surface area contributed by atoms with Crippen LogP contribution in [-0.4, -0.2) is 36.4 Å². The first-order chi connectivity index (χ1) is 12.5. The number of nitrogens with zero attached hydrogens (tertiary/aromatic N) is 2. The molecule has 8 nitrogen and oxygen atoms in total. The Morgan fingerprint density at radius 2 is 1.85 bits per heavy atom. The van der Waals surface area contributed by atoms with Crippen molar-refractivity contribution in [3.63, 3.8) is 0 Å². The van der Waals surface area contributed by atoms with Crippen LogP contribution in [0.2, 0.25) is 0 Å². The molecule has 0 unspecified atom stereocenters. The number of nitrogens with two attached hydrogens (primary N) is 1. The van der Waals surface area contributed by atoms with Crippen LogP contribution in [0.1, 0.15) is 25.8 Å². The third-order valence-electron chi connectivity index (χ3n) is 3.40. The molecule has 0 atom stereocenters. The number of amides is 2. The predicted molar refractivity (Wildman–Crippen MR) is 102 cm³/mol. The van der Waals surface area contributed by atoms with Crippen LogP contribution in [0.15, 0.2) is 35.5 Å². The van der Waals surface area contributed by atoms with E-state index in [0.717, 1.165) is 10.6 Å². The van der Waals surface area contributed by atoms with E-state index >= 15 is 0 Å². The fourth-order valence-corrected chi connectivity index (χ4v) is 2.82. The monoisotopic (exact) mass is 374 g/mol. The number of primary amides is 1. The van der Waals surface area contributed by atoms with Gasteiger partial charge in [-0.05, 0) is 24.6 Å². The van der Waals surface area contributed by atoms with E-state index in [1.807, 2.05) is 25.3 Å². The first-order valence-electron chi connectivity index (χ1n) is 7.99. The van der Waals surface area contributed by atoms with Gasteiger partial charge in [0, 0.05) is 30.2 Å². The van der Waals surface area contributed by atoms with Crippen molar-refractivity contribution in [2.75, 3.05) is 13.6 Å². The summed E-state index contributed by atoms with van der Waals surface area (Å²) in [4.78, 5) is 32.2. The lowest BCUT2D eigenvalue weighted by atomic mass is 10.1. The Labute approximate surface area is 155 Å². The molecule has 0 saturated carbocycles. The zero-order valence-corrected chi connectivity index (χ0v) is 15.5. The highest BCUT2D eigenvalue weighted by Gasteiger charge is 2.07. The molecule has 26 heavy (non-hydrogen) atoms. The molecular formula is C17H22N6O2S. The number of aromatic nitrogens is 1. The van der Waals surface area contributed by atoms with Crippen molar-refractivity contribution in [3.05, 3.63) is 51.5 Å². The van der Waals surface area contributed by atoms with Gasteiger partial charge in [0.25, 0.3) is 5.91 Å². The predicted octanol–water partition coefficient (Wildman–Crippen LogP) is 0.532. The molecule has 0 fully saturated rings. The van der Waals surface area contributed by atoms with E-state index in [0.29, 0.717) is 24.6 Å². The van der Waals surface area contributed by atoms with Crippen molar-refractivity contribution >= 4 is 29.1 Å². The molecule has 0 aliphatic carbocycles. The molecule has 138 valence electrons. The lowest BCUT2D eigenvalue weighted by Crippen LogP contribution is -2.36. The molecule has 0 spiro atoms. The van der Waals surface area contributed by atoms with Crippen LogP contribution in [-0.2, 0) is 17.9 Å². The maximum absolute atomic E-state index is 11.8. The Hall–Kier alpha value is -2.94. The Balaban J connectivity index is 1.82. The summed E-state index contributed by atoms with van der Waals surface area (Å²) in [5.41, 5.74) is 6.46. The Bertz CT molecular complexity index is 785. The second kappa shape index (κ2) is 9.52. The minimum atomic E-state index is -0.578. The quantitative estimate of drug-likeness (QED) is 0.416. The first-order valence-corrected chi connectivity index (χ1v) is 8.81. The third kappa shape index (κ3) is 6.17. The summed E-state index contributed by atoms with van der Waals surface area (Å²) < 4.78 is 0. The molecule has 9 heteroatoms. The summed E-state index contributed by atoms with van der Waals surface area (Å²) in [6, 6.07) is 7.07. The van der Waals surface area contributed by atoms with Gasteiger partial charge < -0.3 is 21.7 Å². The summed E-state index contributed by atoms with van der Waals surface area (Å²) >= 11 is 1.64. The molecule has 0 radical (unpaired) electrons. The smallest absolute Gasteiger partial charge is 0.251 e. The van der Waals surface area contributed by atoms with Crippen molar-refractivity contribution in [1.82, 2.24) is 20.9 Å². The van der Waals surface area contributed by atoms with Gasteiger partial charge in [-0.1, -0.05) is 12.1 Å². The topological polar surface area (TPSA) is 122 Å². The Morgan fingerprint density at radius 1 is 1.15 bits per heavy atom. The molecule has 2 aromatic rings. The van der Waals surface area contributed by atoms with Crippen LogP contribution < -0.4 is 21.7 Å². The zero-order chi connectivity index (χ0) is 18.9. The van der Waals surface area contributed by atoms with E-state index in [2.05, 4.69) is 25.9 Å². The molecule has 2 rings (SSSR count). The number of guanidine groups is 1. The minimum absolute atomic E-state index is 0.178. The summed E-state index contributed by atoms with van der Waals surface area (Å²) in [6.45, 7) is 3.01. The third-order valence-corrected chi connectivity index (χ3v) is 4.31. The fraction of sp³-hybridized carbons (Fsp3) is 0.294. The number of aryl methyl sites for hydroxylation is 1. The number of aliphatic imine (C=N–C) groups is 1. The molecular weight excluding hydrogens is 352 g/mol. The van der Waals surface area contributed by atoms with Gasteiger partial charge >= 0.3 is 0 Å². The zero-order valence-electron chi connectivity index (χ0n) is 14.7. The largest absolute Gasteiger partial charge is 0.368 e. The SMILES string of the molecule is CN=C(NCc1ccc(C(=O)NCC(N)=O)cc1)NCc1ncc(C)s1. The van der Waals surface area contributed by atoms with Gasteiger partial charge in [0.05, 0.1) is 13.1 Å². The van der Waals surface area contributed by atoms with Gasteiger partial charge in [0.2, 0.25) is 5.91 Å². The van der Waals surface area contributed by atoms with E-state index in [-0.39, 0.29) is 12.5 Å². The van der Waals surface area contributed by atoms with Gasteiger partial charge in [-0.2, -0.15) is 0 Å².